The van der Waals surface area contributed by atoms with Gasteiger partial charge >= 0.3 is 0 Å². The van der Waals surface area contributed by atoms with E-state index >= 15 is 0 Å². The molecule has 13 heavy (non-hydrogen) atoms. The molecular weight excluding hydrogens is 160 g/mol. The fourth-order valence-corrected chi connectivity index (χ4v) is 1.59. The van der Waals surface area contributed by atoms with Crippen molar-refractivity contribution in [2.45, 2.75) is 44.9 Å². The molecule has 0 aromatic heterocycles. The zero-order valence-corrected chi connectivity index (χ0v) is 8.43. The lowest BCUT2D eigenvalue weighted by Crippen LogP contribution is -1.92. The molecule has 0 spiro atoms. The minimum absolute atomic E-state index is 0.859. The van der Waals surface area contributed by atoms with E-state index in [-0.39, 0.29) is 0 Å². The van der Waals surface area contributed by atoms with E-state index in [4.69, 9.17) is 4.74 Å². The highest BCUT2D eigenvalue weighted by atomic mass is 16.5. The summed E-state index contributed by atoms with van der Waals surface area (Å²) in [6.45, 7) is 4.60. The van der Waals surface area contributed by atoms with Gasteiger partial charge in [-0.05, 0) is 31.4 Å². The minimum atomic E-state index is 0.859. The number of rotatable bonds is 1. The average Bonchev–Trinajstić information content (AvgIpc) is 2.22. The summed E-state index contributed by atoms with van der Waals surface area (Å²) in [7, 11) is 0. The molecule has 0 amide bonds. The van der Waals surface area contributed by atoms with E-state index in [2.05, 4.69) is 12.7 Å². The standard InChI is InChI=1S/C12H20O/c1-2-12-10-8-6-4-3-5-7-9-11-13-12/h2,10H,1,3-9,11H2/b12-10+. The Bertz CT molecular complexity index is 170. The van der Waals surface area contributed by atoms with Gasteiger partial charge in [0.1, 0.15) is 5.76 Å². The molecule has 0 aromatic carbocycles. The molecule has 0 radical (unpaired) electrons. The van der Waals surface area contributed by atoms with Gasteiger partial charge in [-0.25, -0.2) is 0 Å². The Morgan fingerprint density at radius 3 is 2.54 bits per heavy atom. The van der Waals surface area contributed by atoms with Crippen molar-refractivity contribution >= 4 is 0 Å². The van der Waals surface area contributed by atoms with Crippen molar-refractivity contribution in [1.29, 1.82) is 0 Å². The van der Waals surface area contributed by atoms with Crippen LogP contribution in [0.1, 0.15) is 44.9 Å². The second kappa shape index (κ2) is 6.76. The van der Waals surface area contributed by atoms with E-state index in [0.29, 0.717) is 0 Å². The fraction of sp³-hybridized carbons (Fsp3) is 0.667. The second-order valence-corrected chi connectivity index (χ2v) is 3.57. The molecule has 1 nitrogen and oxygen atoms in total. The van der Waals surface area contributed by atoms with Gasteiger partial charge < -0.3 is 4.74 Å². The molecule has 0 saturated carbocycles. The van der Waals surface area contributed by atoms with Crippen molar-refractivity contribution < 1.29 is 4.74 Å². The molecule has 1 heteroatoms. The fourth-order valence-electron chi connectivity index (χ4n) is 1.59. The van der Waals surface area contributed by atoms with Gasteiger partial charge in [0.25, 0.3) is 0 Å². The average molecular weight is 180 g/mol. The Morgan fingerprint density at radius 1 is 1.08 bits per heavy atom. The number of allylic oxidation sites excluding steroid dienone is 2. The van der Waals surface area contributed by atoms with Crippen LogP contribution in [0.3, 0.4) is 0 Å². The molecule has 0 bridgehead atoms. The first-order chi connectivity index (χ1) is 6.43. The monoisotopic (exact) mass is 180 g/mol. The molecule has 1 heterocycles. The maximum Gasteiger partial charge on any atom is 0.114 e. The summed E-state index contributed by atoms with van der Waals surface area (Å²) < 4.78 is 5.57. The molecule has 74 valence electrons. The van der Waals surface area contributed by atoms with Crippen LogP contribution in [0.4, 0.5) is 0 Å². The highest BCUT2D eigenvalue weighted by Crippen LogP contribution is 2.12. The number of ether oxygens (including phenoxy) is 1. The molecule has 0 aliphatic carbocycles. The predicted octanol–water partition coefficient (Wildman–Crippen LogP) is 3.82. The van der Waals surface area contributed by atoms with Crippen LogP contribution in [0.2, 0.25) is 0 Å². The topological polar surface area (TPSA) is 9.23 Å². The summed E-state index contributed by atoms with van der Waals surface area (Å²) in [6.07, 6.45) is 13.0. The Morgan fingerprint density at radius 2 is 1.77 bits per heavy atom. The van der Waals surface area contributed by atoms with Crippen molar-refractivity contribution in [1.82, 2.24) is 0 Å². The van der Waals surface area contributed by atoms with E-state index < -0.39 is 0 Å². The lowest BCUT2D eigenvalue weighted by Gasteiger charge is -2.05. The van der Waals surface area contributed by atoms with Gasteiger partial charge in [0.05, 0.1) is 6.61 Å². The summed E-state index contributed by atoms with van der Waals surface area (Å²) >= 11 is 0. The number of hydrogen-bond acceptors (Lipinski definition) is 1. The van der Waals surface area contributed by atoms with Crippen LogP contribution in [-0.2, 0) is 4.74 Å². The van der Waals surface area contributed by atoms with Crippen LogP contribution in [0, 0.1) is 0 Å². The van der Waals surface area contributed by atoms with E-state index in [9.17, 15) is 0 Å². The van der Waals surface area contributed by atoms with Crippen LogP contribution in [0.25, 0.3) is 0 Å². The summed E-state index contributed by atoms with van der Waals surface area (Å²) in [5.41, 5.74) is 0. The van der Waals surface area contributed by atoms with Crippen LogP contribution < -0.4 is 0 Å². The highest BCUT2D eigenvalue weighted by molar-refractivity contribution is 5.08. The first-order valence-electron chi connectivity index (χ1n) is 5.39. The third-order valence-corrected chi connectivity index (χ3v) is 2.41. The summed E-state index contributed by atoms with van der Waals surface area (Å²) in [5.74, 6) is 0.974. The van der Waals surface area contributed by atoms with Crippen molar-refractivity contribution in [2.24, 2.45) is 0 Å². The Labute approximate surface area is 81.5 Å². The van der Waals surface area contributed by atoms with E-state index in [1.165, 1.54) is 38.5 Å². The lowest BCUT2D eigenvalue weighted by molar-refractivity contribution is 0.216. The maximum absolute atomic E-state index is 5.57. The van der Waals surface area contributed by atoms with Crippen LogP contribution >= 0.6 is 0 Å². The molecule has 0 unspecified atom stereocenters. The Kier molecular flexibility index (Phi) is 5.39. The van der Waals surface area contributed by atoms with Crippen LogP contribution in [0.5, 0.6) is 0 Å². The van der Waals surface area contributed by atoms with Gasteiger partial charge in [-0.1, -0.05) is 32.3 Å². The van der Waals surface area contributed by atoms with Crippen molar-refractivity contribution in [3.63, 3.8) is 0 Å². The third kappa shape index (κ3) is 4.76. The summed E-state index contributed by atoms with van der Waals surface area (Å²) in [4.78, 5) is 0. The quantitative estimate of drug-likeness (QED) is 0.596. The highest BCUT2D eigenvalue weighted by Gasteiger charge is 1.97. The molecule has 1 rings (SSSR count). The molecule has 1 aliphatic rings. The van der Waals surface area contributed by atoms with Crippen LogP contribution in [-0.4, -0.2) is 6.61 Å². The van der Waals surface area contributed by atoms with Crippen LogP contribution in [0.15, 0.2) is 24.5 Å². The molecule has 0 aromatic rings. The first-order valence-corrected chi connectivity index (χ1v) is 5.39. The van der Waals surface area contributed by atoms with Crippen molar-refractivity contribution in [2.75, 3.05) is 6.61 Å². The third-order valence-electron chi connectivity index (χ3n) is 2.41. The Hall–Kier alpha value is -0.720. The molecule has 0 fully saturated rings. The normalized spacial score (nSPS) is 24.8. The lowest BCUT2D eigenvalue weighted by atomic mass is 10.1. The second-order valence-electron chi connectivity index (χ2n) is 3.57. The zero-order valence-electron chi connectivity index (χ0n) is 8.43. The van der Waals surface area contributed by atoms with Gasteiger partial charge in [0.15, 0.2) is 0 Å². The van der Waals surface area contributed by atoms with E-state index in [1.807, 2.05) is 6.08 Å². The smallest absolute Gasteiger partial charge is 0.114 e. The zero-order chi connectivity index (χ0) is 9.36. The van der Waals surface area contributed by atoms with Crippen molar-refractivity contribution in [3.05, 3.63) is 24.5 Å². The molecule has 0 saturated heterocycles. The molecule has 1 aliphatic heterocycles. The van der Waals surface area contributed by atoms with Gasteiger partial charge in [0, 0.05) is 0 Å². The molecule has 0 atom stereocenters. The summed E-state index contributed by atoms with van der Waals surface area (Å²) in [5, 5.41) is 0. The minimum Gasteiger partial charge on any atom is -0.494 e. The van der Waals surface area contributed by atoms with Gasteiger partial charge in [-0.3, -0.25) is 0 Å². The van der Waals surface area contributed by atoms with E-state index in [1.54, 1.807) is 0 Å². The SMILES string of the molecule is C=C/C1=C\CCCCCCCCO1. The van der Waals surface area contributed by atoms with E-state index in [0.717, 1.165) is 18.8 Å². The first kappa shape index (κ1) is 10.4. The maximum atomic E-state index is 5.57. The number of hydrogen-bond donors (Lipinski definition) is 0. The summed E-state index contributed by atoms with van der Waals surface area (Å²) in [6, 6.07) is 0. The van der Waals surface area contributed by atoms with Gasteiger partial charge in [-0.15, -0.1) is 0 Å². The largest absolute Gasteiger partial charge is 0.494 e. The van der Waals surface area contributed by atoms with Gasteiger partial charge in [-0.2, -0.15) is 0 Å². The molecular formula is C12H20O. The predicted molar refractivity (Wildman–Crippen MR) is 56.6 cm³/mol. The van der Waals surface area contributed by atoms with Gasteiger partial charge in [0.2, 0.25) is 0 Å². The molecule has 0 N–H and O–H groups in total. The Balaban J connectivity index is 2.35. The van der Waals surface area contributed by atoms with Crippen molar-refractivity contribution in [3.8, 4) is 0 Å².